The average Bonchev–Trinajstić information content (AvgIpc) is 2.48. The minimum absolute atomic E-state index is 0.0264. The lowest BCUT2D eigenvalue weighted by molar-refractivity contribution is -0.118. The molecule has 0 bridgehead atoms. The summed E-state index contributed by atoms with van der Waals surface area (Å²) in [6, 6.07) is 9.56. The molecule has 5 nitrogen and oxygen atoms in total. The summed E-state index contributed by atoms with van der Waals surface area (Å²) in [6.07, 6.45) is 0. The Hall–Kier alpha value is -2.53. The summed E-state index contributed by atoms with van der Waals surface area (Å²) in [5.41, 5.74) is 7.32. The van der Waals surface area contributed by atoms with Gasteiger partial charge in [0.1, 0.15) is 5.75 Å². The van der Waals surface area contributed by atoms with Gasteiger partial charge in [0.25, 0.3) is 5.91 Å². The van der Waals surface area contributed by atoms with E-state index in [4.69, 9.17) is 22.1 Å². The molecule has 0 unspecified atom stereocenters. The lowest BCUT2D eigenvalue weighted by Crippen LogP contribution is -2.25. The molecule has 2 aromatic carbocycles. The number of nitrogen functional groups attached to an aromatic ring is 1. The average molecular weight is 303 g/mol. The molecule has 3 rings (SSSR count). The van der Waals surface area contributed by atoms with Crippen LogP contribution in [0.15, 0.2) is 36.4 Å². The zero-order valence-corrected chi connectivity index (χ0v) is 11.6. The molecule has 6 heteroatoms. The number of nitrogens with two attached hydrogens (primary N) is 1. The molecule has 21 heavy (non-hydrogen) atoms. The van der Waals surface area contributed by atoms with E-state index in [1.54, 1.807) is 30.3 Å². The normalized spacial score (nSPS) is 13.1. The molecule has 1 heterocycles. The van der Waals surface area contributed by atoms with Crippen molar-refractivity contribution < 1.29 is 14.3 Å². The van der Waals surface area contributed by atoms with E-state index in [-0.39, 0.29) is 18.3 Å². The van der Waals surface area contributed by atoms with Crippen LogP contribution in [0.1, 0.15) is 15.9 Å². The fourth-order valence-electron chi connectivity index (χ4n) is 2.10. The number of benzene rings is 2. The van der Waals surface area contributed by atoms with Crippen LogP contribution in [0.5, 0.6) is 5.75 Å². The summed E-state index contributed by atoms with van der Waals surface area (Å²) in [4.78, 5) is 23.8. The second-order valence-corrected chi connectivity index (χ2v) is 5.02. The van der Waals surface area contributed by atoms with Crippen LogP contribution in [0, 0.1) is 0 Å². The van der Waals surface area contributed by atoms with Crippen LogP contribution in [0.2, 0.25) is 5.02 Å². The number of halogens is 1. The number of carbonyl (C=O) groups excluding carboxylic acids is 2. The third-order valence-electron chi connectivity index (χ3n) is 3.11. The molecule has 0 fully saturated rings. The summed E-state index contributed by atoms with van der Waals surface area (Å²) in [5.74, 6) is 0.00818. The first-order valence-electron chi connectivity index (χ1n) is 6.21. The van der Waals surface area contributed by atoms with E-state index in [2.05, 4.69) is 5.32 Å². The molecule has 1 amide bonds. The van der Waals surface area contributed by atoms with Crippen LogP contribution in [-0.4, -0.2) is 18.3 Å². The standard InChI is InChI=1S/C15H11ClN2O3/c16-11-3-2-9(17)6-10(11)15(20)8-1-4-13-12(5-8)18-14(19)7-21-13/h1-6H,7,17H2,(H,18,19). The van der Waals surface area contributed by atoms with Gasteiger partial charge in [0.2, 0.25) is 0 Å². The summed E-state index contributed by atoms with van der Waals surface area (Å²) in [5, 5.41) is 2.98. The van der Waals surface area contributed by atoms with Crippen molar-refractivity contribution in [2.45, 2.75) is 0 Å². The van der Waals surface area contributed by atoms with Crippen molar-refractivity contribution in [3.05, 3.63) is 52.5 Å². The predicted octanol–water partition coefficient (Wildman–Crippen LogP) is 2.48. The maximum Gasteiger partial charge on any atom is 0.262 e. The fraction of sp³-hybridized carbons (Fsp3) is 0.0667. The lowest BCUT2D eigenvalue weighted by Gasteiger charge is -2.18. The Kier molecular flexibility index (Phi) is 3.27. The Morgan fingerprint density at radius 3 is 2.86 bits per heavy atom. The number of fused-ring (bicyclic) bond motifs is 1. The number of nitrogens with one attached hydrogen (secondary N) is 1. The van der Waals surface area contributed by atoms with E-state index in [0.29, 0.717) is 33.3 Å². The second-order valence-electron chi connectivity index (χ2n) is 4.62. The Labute approximate surface area is 125 Å². The molecule has 1 aliphatic rings. The lowest BCUT2D eigenvalue weighted by atomic mass is 10.0. The molecule has 0 saturated carbocycles. The van der Waals surface area contributed by atoms with E-state index in [0.717, 1.165) is 0 Å². The molecule has 106 valence electrons. The van der Waals surface area contributed by atoms with Gasteiger partial charge < -0.3 is 15.8 Å². The highest BCUT2D eigenvalue weighted by Gasteiger charge is 2.19. The SMILES string of the molecule is Nc1ccc(Cl)c(C(=O)c2ccc3c(c2)NC(=O)CO3)c1. The number of ketones is 1. The van der Waals surface area contributed by atoms with Crippen LogP contribution >= 0.6 is 11.6 Å². The van der Waals surface area contributed by atoms with Crippen molar-refractivity contribution in [3.63, 3.8) is 0 Å². The zero-order chi connectivity index (χ0) is 15.0. The van der Waals surface area contributed by atoms with Crippen molar-refractivity contribution in [1.29, 1.82) is 0 Å². The quantitative estimate of drug-likeness (QED) is 0.659. The van der Waals surface area contributed by atoms with Gasteiger partial charge in [0.05, 0.1) is 10.7 Å². The summed E-state index contributed by atoms with van der Waals surface area (Å²) in [7, 11) is 0. The zero-order valence-electron chi connectivity index (χ0n) is 10.9. The molecule has 0 aliphatic carbocycles. The third-order valence-corrected chi connectivity index (χ3v) is 3.44. The van der Waals surface area contributed by atoms with Gasteiger partial charge in [0, 0.05) is 16.8 Å². The number of hydrogen-bond acceptors (Lipinski definition) is 4. The minimum atomic E-state index is -0.269. The Morgan fingerprint density at radius 1 is 1.24 bits per heavy atom. The van der Waals surface area contributed by atoms with Crippen LogP contribution in [0.4, 0.5) is 11.4 Å². The van der Waals surface area contributed by atoms with Crippen LogP contribution in [0.3, 0.4) is 0 Å². The highest BCUT2D eigenvalue weighted by atomic mass is 35.5. The smallest absolute Gasteiger partial charge is 0.262 e. The summed E-state index contributed by atoms with van der Waals surface area (Å²) >= 11 is 6.04. The van der Waals surface area contributed by atoms with E-state index >= 15 is 0 Å². The van der Waals surface area contributed by atoms with Gasteiger partial charge in [-0.3, -0.25) is 9.59 Å². The van der Waals surface area contributed by atoms with E-state index < -0.39 is 0 Å². The maximum atomic E-state index is 12.5. The highest BCUT2D eigenvalue weighted by molar-refractivity contribution is 6.35. The van der Waals surface area contributed by atoms with Crippen molar-refractivity contribution in [1.82, 2.24) is 0 Å². The van der Waals surface area contributed by atoms with Gasteiger partial charge >= 0.3 is 0 Å². The van der Waals surface area contributed by atoms with Crippen LogP contribution in [0.25, 0.3) is 0 Å². The van der Waals surface area contributed by atoms with Crippen LogP contribution < -0.4 is 15.8 Å². The maximum absolute atomic E-state index is 12.5. The molecular weight excluding hydrogens is 292 g/mol. The van der Waals surface area contributed by atoms with Crippen molar-refractivity contribution >= 4 is 34.7 Å². The number of anilines is 2. The van der Waals surface area contributed by atoms with Gasteiger partial charge in [-0.2, -0.15) is 0 Å². The molecule has 0 atom stereocenters. The molecule has 0 spiro atoms. The van der Waals surface area contributed by atoms with Gasteiger partial charge in [-0.15, -0.1) is 0 Å². The number of rotatable bonds is 2. The largest absolute Gasteiger partial charge is 0.482 e. The van der Waals surface area contributed by atoms with Crippen molar-refractivity contribution in [2.75, 3.05) is 17.7 Å². The highest BCUT2D eigenvalue weighted by Crippen LogP contribution is 2.30. The van der Waals surface area contributed by atoms with Gasteiger partial charge in [-0.05, 0) is 36.4 Å². The Bertz CT molecular complexity index is 759. The summed E-state index contributed by atoms with van der Waals surface area (Å²) < 4.78 is 5.25. The van der Waals surface area contributed by atoms with Gasteiger partial charge in [-0.25, -0.2) is 0 Å². The molecule has 0 saturated heterocycles. The number of carbonyl (C=O) groups is 2. The Balaban J connectivity index is 2.00. The van der Waals surface area contributed by atoms with E-state index in [1.807, 2.05) is 0 Å². The van der Waals surface area contributed by atoms with E-state index in [9.17, 15) is 9.59 Å². The molecule has 0 aromatic heterocycles. The first-order chi connectivity index (χ1) is 10.0. The summed E-state index contributed by atoms with van der Waals surface area (Å²) in [6.45, 7) is -0.0264. The predicted molar refractivity (Wildman–Crippen MR) is 79.9 cm³/mol. The number of amides is 1. The minimum Gasteiger partial charge on any atom is -0.482 e. The molecular formula is C15H11ClN2O3. The monoisotopic (exact) mass is 302 g/mol. The van der Waals surface area contributed by atoms with Crippen molar-refractivity contribution in [2.24, 2.45) is 0 Å². The molecule has 0 radical (unpaired) electrons. The fourth-order valence-corrected chi connectivity index (χ4v) is 2.30. The third kappa shape index (κ3) is 2.55. The van der Waals surface area contributed by atoms with E-state index in [1.165, 1.54) is 6.07 Å². The van der Waals surface area contributed by atoms with Crippen LogP contribution in [-0.2, 0) is 4.79 Å². The molecule has 3 N–H and O–H groups in total. The number of hydrogen-bond donors (Lipinski definition) is 2. The first-order valence-corrected chi connectivity index (χ1v) is 6.59. The molecule has 2 aromatic rings. The first kappa shape index (κ1) is 13.5. The van der Waals surface area contributed by atoms with Gasteiger partial charge in [-0.1, -0.05) is 11.6 Å². The van der Waals surface area contributed by atoms with Gasteiger partial charge in [0.15, 0.2) is 12.4 Å². The Morgan fingerprint density at radius 2 is 2.05 bits per heavy atom. The second kappa shape index (κ2) is 5.10. The van der Waals surface area contributed by atoms with Crippen molar-refractivity contribution in [3.8, 4) is 5.75 Å². The molecule has 1 aliphatic heterocycles. The number of ether oxygens (including phenoxy) is 1. The topological polar surface area (TPSA) is 81.4 Å².